The van der Waals surface area contributed by atoms with E-state index in [1.165, 1.54) is 12.2 Å². The second-order valence-corrected chi connectivity index (χ2v) is 4.81. The number of halogens is 5. The number of hydrogen-bond donors (Lipinski definition) is 1. The lowest BCUT2D eigenvalue weighted by molar-refractivity contribution is -0.141. The standard InChI is InChI=1S/C13H7Cl2F3N2O/c14-9-2-1-3-10(15)8(9)5-4-7-6-11(13(16,17)18)20-12(21)19-7/h1-6H,(H,19,20,21)/b5-4+. The molecule has 3 nitrogen and oxygen atoms in total. The molecule has 0 bridgehead atoms. The molecule has 0 atom stereocenters. The van der Waals surface area contributed by atoms with Gasteiger partial charge in [-0.05, 0) is 30.4 Å². The van der Waals surface area contributed by atoms with Crippen molar-refractivity contribution in [3.63, 3.8) is 0 Å². The predicted molar refractivity (Wildman–Crippen MR) is 75.2 cm³/mol. The molecule has 1 N–H and O–H groups in total. The third-order valence-electron chi connectivity index (χ3n) is 2.49. The molecular weight excluding hydrogens is 328 g/mol. The molecule has 110 valence electrons. The van der Waals surface area contributed by atoms with Gasteiger partial charge in [0.15, 0.2) is 0 Å². The van der Waals surface area contributed by atoms with Gasteiger partial charge in [0.1, 0.15) is 5.69 Å². The van der Waals surface area contributed by atoms with Gasteiger partial charge in [-0.2, -0.15) is 18.2 Å². The van der Waals surface area contributed by atoms with E-state index in [4.69, 9.17) is 23.2 Å². The second kappa shape index (κ2) is 5.91. The van der Waals surface area contributed by atoms with E-state index < -0.39 is 17.6 Å². The first kappa shape index (κ1) is 15.6. The normalized spacial score (nSPS) is 12.0. The van der Waals surface area contributed by atoms with Crippen LogP contribution in [0.25, 0.3) is 12.2 Å². The molecule has 2 aromatic rings. The smallest absolute Gasteiger partial charge is 0.302 e. The van der Waals surface area contributed by atoms with Crippen LogP contribution >= 0.6 is 23.2 Å². The summed E-state index contributed by atoms with van der Waals surface area (Å²) in [5.74, 6) is 0. The number of H-pyrrole nitrogens is 1. The number of nitrogens with one attached hydrogen (secondary N) is 1. The van der Waals surface area contributed by atoms with Crippen LogP contribution in [0.15, 0.2) is 29.1 Å². The summed E-state index contributed by atoms with van der Waals surface area (Å²) >= 11 is 11.9. The van der Waals surface area contributed by atoms with Gasteiger partial charge in [-0.15, -0.1) is 0 Å². The van der Waals surface area contributed by atoms with Crippen molar-refractivity contribution in [3.05, 3.63) is 61.7 Å². The first-order valence-corrected chi connectivity index (χ1v) is 6.33. The molecular formula is C13H7Cl2F3N2O. The number of aromatic nitrogens is 2. The first-order chi connectivity index (χ1) is 9.77. The molecule has 2 rings (SSSR count). The molecule has 8 heteroatoms. The fourth-order valence-electron chi connectivity index (χ4n) is 1.55. The van der Waals surface area contributed by atoms with Crippen LogP contribution in [0.1, 0.15) is 17.0 Å². The van der Waals surface area contributed by atoms with Gasteiger partial charge in [-0.3, -0.25) is 0 Å². The van der Waals surface area contributed by atoms with Crippen molar-refractivity contribution in [2.24, 2.45) is 0 Å². The molecule has 0 amide bonds. The van der Waals surface area contributed by atoms with Gasteiger partial charge in [-0.25, -0.2) is 4.79 Å². The maximum Gasteiger partial charge on any atom is 0.431 e. The molecule has 1 heterocycles. The Labute approximate surface area is 127 Å². The van der Waals surface area contributed by atoms with E-state index >= 15 is 0 Å². The van der Waals surface area contributed by atoms with E-state index in [0.29, 0.717) is 15.6 Å². The van der Waals surface area contributed by atoms with E-state index in [-0.39, 0.29) is 5.69 Å². The fourth-order valence-corrected chi connectivity index (χ4v) is 2.08. The van der Waals surface area contributed by atoms with Crippen molar-refractivity contribution in [2.75, 3.05) is 0 Å². The van der Waals surface area contributed by atoms with E-state index in [2.05, 4.69) is 4.98 Å². The quantitative estimate of drug-likeness (QED) is 0.891. The molecule has 0 saturated heterocycles. The second-order valence-electron chi connectivity index (χ2n) is 3.99. The average molecular weight is 335 g/mol. The number of aromatic amines is 1. The van der Waals surface area contributed by atoms with Crippen LogP contribution in [0.4, 0.5) is 13.2 Å². The Bertz CT molecular complexity index is 734. The highest BCUT2D eigenvalue weighted by Crippen LogP contribution is 2.28. The third-order valence-corrected chi connectivity index (χ3v) is 3.15. The van der Waals surface area contributed by atoms with Gasteiger partial charge in [0.25, 0.3) is 0 Å². The van der Waals surface area contributed by atoms with E-state index in [9.17, 15) is 18.0 Å². The maximum atomic E-state index is 12.6. The van der Waals surface area contributed by atoms with E-state index in [1.807, 2.05) is 0 Å². The monoisotopic (exact) mass is 334 g/mol. The first-order valence-electron chi connectivity index (χ1n) is 5.58. The Morgan fingerprint density at radius 2 is 1.76 bits per heavy atom. The molecule has 0 spiro atoms. The molecule has 0 fully saturated rings. The molecule has 1 aromatic heterocycles. The third kappa shape index (κ3) is 3.86. The van der Waals surface area contributed by atoms with Gasteiger partial charge in [0.05, 0.1) is 5.69 Å². The average Bonchev–Trinajstić information content (AvgIpc) is 2.36. The zero-order valence-corrected chi connectivity index (χ0v) is 11.7. The number of benzene rings is 1. The minimum atomic E-state index is -4.66. The lowest BCUT2D eigenvalue weighted by Crippen LogP contribution is -2.19. The number of hydrogen-bond acceptors (Lipinski definition) is 2. The van der Waals surface area contributed by atoms with Crippen LogP contribution in [0.5, 0.6) is 0 Å². The van der Waals surface area contributed by atoms with Crippen molar-refractivity contribution in [1.82, 2.24) is 9.97 Å². The molecule has 0 aliphatic heterocycles. The van der Waals surface area contributed by atoms with Crippen LogP contribution < -0.4 is 5.69 Å². The Hall–Kier alpha value is -1.79. The zero-order chi connectivity index (χ0) is 15.6. The lowest BCUT2D eigenvalue weighted by atomic mass is 10.2. The van der Waals surface area contributed by atoms with Gasteiger partial charge in [0, 0.05) is 15.6 Å². The Morgan fingerprint density at radius 1 is 1.14 bits per heavy atom. The van der Waals surface area contributed by atoms with E-state index in [1.54, 1.807) is 23.2 Å². The van der Waals surface area contributed by atoms with Crippen LogP contribution in [-0.2, 0) is 6.18 Å². The van der Waals surface area contributed by atoms with Crippen LogP contribution in [0.3, 0.4) is 0 Å². The van der Waals surface area contributed by atoms with Crippen molar-refractivity contribution < 1.29 is 13.2 Å². The molecule has 0 saturated carbocycles. The summed E-state index contributed by atoms with van der Waals surface area (Å²) in [6.07, 6.45) is -2.03. The summed E-state index contributed by atoms with van der Waals surface area (Å²) in [5.41, 5.74) is -1.99. The maximum absolute atomic E-state index is 12.6. The topological polar surface area (TPSA) is 45.8 Å². The predicted octanol–water partition coefficient (Wildman–Crippen LogP) is 4.27. The van der Waals surface area contributed by atoms with E-state index in [0.717, 1.165) is 6.07 Å². The van der Waals surface area contributed by atoms with Crippen LogP contribution in [0.2, 0.25) is 10.0 Å². The number of nitrogens with zero attached hydrogens (tertiary/aromatic N) is 1. The minimum Gasteiger partial charge on any atom is -0.302 e. The lowest BCUT2D eigenvalue weighted by Gasteiger charge is -2.06. The van der Waals surface area contributed by atoms with Gasteiger partial charge in [-0.1, -0.05) is 29.3 Å². The van der Waals surface area contributed by atoms with Gasteiger partial charge in [0.2, 0.25) is 0 Å². The highest BCUT2D eigenvalue weighted by atomic mass is 35.5. The van der Waals surface area contributed by atoms with Crippen LogP contribution in [-0.4, -0.2) is 9.97 Å². The summed E-state index contributed by atoms with van der Waals surface area (Å²) in [4.78, 5) is 16.2. The molecule has 1 aromatic carbocycles. The van der Waals surface area contributed by atoms with Crippen molar-refractivity contribution in [3.8, 4) is 0 Å². The molecule has 0 radical (unpaired) electrons. The van der Waals surface area contributed by atoms with Gasteiger partial charge < -0.3 is 4.98 Å². The van der Waals surface area contributed by atoms with Crippen molar-refractivity contribution in [1.29, 1.82) is 0 Å². The highest BCUT2D eigenvalue weighted by Gasteiger charge is 2.32. The number of rotatable bonds is 2. The Kier molecular flexibility index (Phi) is 4.39. The Morgan fingerprint density at radius 3 is 2.33 bits per heavy atom. The molecule has 21 heavy (non-hydrogen) atoms. The van der Waals surface area contributed by atoms with Crippen molar-refractivity contribution >= 4 is 35.4 Å². The Balaban J connectivity index is 2.42. The summed E-state index contributed by atoms with van der Waals surface area (Å²) in [6.45, 7) is 0. The minimum absolute atomic E-state index is 0.151. The summed E-state index contributed by atoms with van der Waals surface area (Å²) in [6, 6.07) is 5.52. The van der Waals surface area contributed by atoms with Gasteiger partial charge >= 0.3 is 11.9 Å². The highest BCUT2D eigenvalue weighted by molar-refractivity contribution is 6.37. The van der Waals surface area contributed by atoms with Crippen LogP contribution in [0, 0.1) is 0 Å². The molecule has 0 aliphatic rings. The molecule has 0 aliphatic carbocycles. The summed E-state index contributed by atoms with van der Waals surface area (Å²) in [7, 11) is 0. The summed E-state index contributed by atoms with van der Waals surface area (Å²) in [5, 5.41) is 0.666. The zero-order valence-electron chi connectivity index (χ0n) is 10.2. The largest absolute Gasteiger partial charge is 0.431 e. The number of alkyl halides is 3. The fraction of sp³-hybridized carbons (Fsp3) is 0.0769. The summed E-state index contributed by atoms with van der Waals surface area (Å²) < 4.78 is 37.7. The van der Waals surface area contributed by atoms with Crippen molar-refractivity contribution in [2.45, 2.75) is 6.18 Å². The molecule has 0 unspecified atom stereocenters. The SMILES string of the molecule is O=c1nc(/C=C/c2c(Cl)cccc2Cl)cc(C(F)(F)F)[nH]1.